The molecule has 2 N–H and O–H groups in total. The fourth-order valence-corrected chi connectivity index (χ4v) is 4.18. The number of carbonyl (C=O) groups is 1. The Hall–Kier alpha value is -2.90. The number of fused-ring (bicyclic) bond motifs is 1. The highest BCUT2D eigenvalue weighted by Crippen LogP contribution is 2.32. The molecule has 2 aliphatic heterocycles. The molecule has 31 heavy (non-hydrogen) atoms. The van der Waals surface area contributed by atoms with Crippen molar-refractivity contribution in [3.63, 3.8) is 0 Å². The van der Waals surface area contributed by atoms with Crippen LogP contribution in [0.5, 0.6) is 0 Å². The van der Waals surface area contributed by atoms with Crippen LogP contribution < -0.4 is 10.6 Å². The predicted octanol–water partition coefficient (Wildman–Crippen LogP) is 2.52. The third-order valence-corrected chi connectivity index (χ3v) is 5.83. The minimum atomic E-state index is -0.733. The first kappa shape index (κ1) is 21.3. The number of hydrogen-bond donors (Lipinski definition) is 1. The first-order valence-corrected chi connectivity index (χ1v) is 10.8. The molecule has 1 fully saturated rings. The second kappa shape index (κ2) is 9.49. The van der Waals surface area contributed by atoms with Crippen molar-refractivity contribution in [2.24, 2.45) is 10.9 Å². The van der Waals surface area contributed by atoms with E-state index in [-0.39, 0.29) is 17.8 Å². The zero-order valence-corrected chi connectivity index (χ0v) is 18.2. The van der Waals surface area contributed by atoms with Crippen LogP contribution >= 0.6 is 0 Å². The van der Waals surface area contributed by atoms with Crippen LogP contribution in [0.3, 0.4) is 0 Å². The normalized spacial score (nSPS) is 20.4. The molecule has 2 aliphatic rings. The van der Waals surface area contributed by atoms with E-state index >= 15 is 0 Å². The van der Waals surface area contributed by atoms with Gasteiger partial charge in [0.1, 0.15) is 0 Å². The number of ether oxygens (including phenoxy) is 1. The van der Waals surface area contributed by atoms with Gasteiger partial charge in [-0.1, -0.05) is 41.6 Å². The quantitative estimate of drug-likeness (QED) is 0.440. The fraction of sp³-hybridized carbons (Fsp3) is 0.417. The number of nitrogens with zero attached hydrogens (tertiary/aromatic N) is 3. The molecule has 0 spiro atoms. The predicted molar refractivity (Wildman–Crippen MR) is 121 cm³/mol. The van der Waals surface area contributed by atoms with Gasteiger partial charge in [0.05, 0.1) is 13.2 Å². The zero-order chi connectivity index (χ0) is 21.8. The maximum Gasteiger partial charge on any atom is 0.270 e. The van der Waals surface area contributed by atoms with Gasteiger partial charge in [-0.15, -0.1) is 0 Å². The molecule has 0 radical (unpaired) electrons. The Labute approximate surface area is 183 Å². The summed E-state index contributed by atoms with van der Waals surface area (Å²) in [6.07, 6.45) is 0.111. The Bertz CT molecular complexity index is 955. The largest absolute Gasteiger partial charge is 0.381 e. The molecule has 4 rings (SSSR count). The van der Waals surface area contributed by atoms with E-state index < -0.39 is 6.10 Å². The molecule has 0 saturated carbocycles. The van der Waals surface area contributed by atoms with Crippen molar-refractivity contribution < 1.29 is 14.4 Å². The fourth-order valence-electron chi connectivity index (χ4n) is 4.18. The number of para-hydroxylation sites is 1. The van der Waals surface area contributed by atoms with Crippen molar-refractivity contribution >= 4 is 17.4 Å². The molecule has 1 amide bonds. The van der Waals surface area contributed by atoms with Crippen LogP contribution in [0.4, 0.5) is 5.69 Å². The van der Waals surface area contributed by atoms with Crippen molar-refractivity contribution in [2.45, 2.75) is 39.0 Å². The molecule has 2 aromatic carbocycles. The van der Waals surface area contributed by atoms with Crippen LogP contribution in [0.2, 0.25) is 0 Å². The van der Waals surface area contributed by atoms with E-state index in [0.29, 0.717) is 0 Å². The first-order chi connectivity index (χ1) is 15.0. The highest BCUT2D eigenvalue weighted by molar-refractivity contribution is 5.99. The van der Waals surface area contributed by atoms with Crippen molar-refractivity contribution in [3.05, 3.63) is 65.2 Å². The number of hydrogen-bond acceptors (Lipinski definition) is 5. The van der Waals surface area contributed by atoms with E-state index in [9.17, 15) is 4.79 Å². The lowest BCUT2D eigenvalue weighted by Gasteiger charge is -2.26. The summed E-state index contributed by atoms with van der Waals surface area (Å²) in [5.74, 6) is 0.147. The highest BCUT2D eigenvalue weighted by Gasteiger charge is 2.34. The number of anilines is 1. The summed E-state index contributed by atoms with van der Waals surface area (Å²) < 4.78 is 5.41. The molecular weight excluding hydrogens is 392 g/mol. The maximum absolute atomic E-state index is 13.0. The molecule has 7 nitrogen and oxygen atoms in total. The molecular formula is C24H30N4O3. The summed E-state index contributed by atoms with van der Waals surface area (Å²) >= 11 is 0. The number of morpholine rings is 1. The van der Waals surface area contributed by atoms with Gasteiger partial charge < -0.3 is 20.2 Å². The number of amides is 1. The summed E-state index contributed by atoms with van der Waals surface area (Å²) in [5, 5.41) is 4.07. The summed E-state index contributed by atoms with van der Waals surface area (Å²) in [4.78, 5) is 22.7. The van der Waals surface area contributed by atoms with Gasteiger partial charge in [0.15, 0.2) is 5.84 Å². The van der Waals surface area contributed by atoms with E-state index in [1.807, 2.05) is 43.3 Å². The molecule has 7 heteroatoms. The van der Waals surface area contributed by atoms with Gasteiger partial charge in [0.2, 0.25) is 6.10 Å². The number of benzene rings is 2. The molecule has 0 bridgehead atoms. The molecule has 2 unspecified atom stereocenters. The average Bonchev–Trinajstić information content (AvgIpc) is 3.13. The third-order valence-electron chi connectivity index (χ3n) is 5.83. The second-order valence-corrected chi connectivity index (χ2v) is 8.20. The smallest absolute Gasteiger partial charge is 0.270 e. The van der Waals surface area contributed by atoms with Gasteiger partial charge in [0, 0.05) is 36.9 Å². The Balaban J connectivity index is 1.40. The Morgan fingerprint density at radius 2 is 2.00 bits per heavy atom. The first-order valence-electron chi connectivity index (χ1n) is 10.8. The minimum Gasteiger partial charge on any atom is -0.381 e. The molecule has 2 atom stereocenters. The Morgan fingerprint density at radius 3 is 2.81 bits per heavy atom. The van der Waals surface area contributed by atoms with Crippen molar-refractivity contribution in [3.8, 4) is 0 Å². The summed E-state index contributed by atoms with van der Waals surface area (Å²) in [6, 6.07) is 16.0. The van der Waals surface area contributed by atoms with Crippen LogP contribution in [0, 0.1) is 0 Å². The van der Waals surface area contributed by atoms with E-state index in [1.54, 1.807) is 11.8 Å². The lowest BCUT2D eigenvalue weighted by atomic mass is 10.1. The Morgan fingerprint density at radius 1 is 1.23 bits per heavy atom. The van der Waals surface area contributed by atoms with E-state index in [1.165, 1.54) is 5.56 Å². The molecule has 2 aromatic rings. The molecule has 2 heterocycles. The second-order valence-electron chi connectivity index (χ2n) is 8.20. The van der Waals surface area contributed by atoms with Crippen LogP contribution in [0.25, 0.3) is 0 Å². The van der Waals surface area contributed by atoms with Crippen molar-refractivity contribution in [2.75, 3.05) is 31.2 Å². The number of nitrogens with two attached hydrogens (primary N) is 1. The topological polar surface area (TPSA) is 80.4 Å². The minimum absolute atomic E-state index is 0.0918. The van der Waals surface area contributed by atoms with Crippen LogP contribution in [-0.4, -0.2) is 55.1 Å². The van der Waals surface area contributed by atoms with Crippen molar-refractivity contribution in [1.82, 2.24) is 4.90 Å². The summed E-state index contributed by atoms with van der Waals surface area (Å²) in [7, 11) is 0. The SMILES string of the molecule is CC(ON=C(N)c1cccc(CN2CCOCC2)c1)C(=O)N1c2ccccc2CC1C. The van der Waals surface area contributed by atoms with E-state index in [4.69, 9.17) is 15.3 Å². The zero-order valence-electron chi connectivity index (χ0n) is 18.2. The molecule has 0 aromatic heterocycles. The van der Waals surface area contributed by atoms with Gasteiger partial charge in [-0.2, -0.15) is 0 Å². The highest BCUT2D eigenvalue weighted by atomic mass is 16.6. The molecule has 0 aliphatic carbocycles. The molecule has 1 saturated heterocycles. The maximum atomic E-state index is 13.0. The van der Waals surface area contributed by atoms with Crippen LogP contribution in [0.15, 0.2) is 53.7 Å². The number of carbonyl (C=O) groups excluding carboxylic acids is 1. The Kier molecular flexibility index (Phi) is 6.53. The van der Waals surface area contributed by atoms with E-state index in [2.05, 4.69) is 22.2 Å². The lowest BCUT2D eigenvalue weighted by Crippen LogP contribution is -2.42. The van der Waals surface area contributed by atoms with Gasteiger partial charge in [-0.05, 0) is 43.5 Å². The number of rotatable bonds is 6. The monoisotopic (exact) mass is 422 g/mol. The number of oxime groups is 1. The number of amidine groups is 1. The van der Waals surface area contributed by atoms with Gasteiger partial charge in [-0.3, -0.25) is 9.69 Å². The van der Waals surface area contributed by atoms with E-state index in [0.717, 1.165) is 56.1 Å². The molecule has 164 valence electrons. The van der Waals surface area contributed by atoms with Crippen LogP contribution in [-0.2, 0) is 27.3 Å². The standard InChI is InChI=1S/C24H30N4O3/c1-17-14-20-7-3-4-9-22(20)28(17)24(29)18(2)31-26-23(25)21-8-5-6-19(15-21)16-27-10-12-30-13-11-27/h3-9,15,17-18H,10-14,16H2,1-2H3,(H2,25,26). The third kappa shape index (κ3) is 4.89. The average molecular weight is 423 g/mol. The van der Waals surface area contributed by atoms with Gasteiger partial charge in [0.25, 0.3) is 5.91 Å². The van der Waals surface area contributed by atoms with Crippen LogP contribution in [0.1, 0.15) is 30.5 Å². The lowest BCUT2D eigenvalue weighted by molar-refractivity contribution is -0.129. The summed E-state index contributed by atoms with van der Waals surface area (Å²) in [6.45, 7) is 7.98. The van der Waals surface area contributed by atoms with Crippen molar-refractivity contribution in [1.29, 1.82) is 0 Å². The van der Waals surface area contributed by atoms with Gasteiger partial charge >= 0.3 is 0 Å². The summed E-state index contributed by atoms with van der Waals surface area (Å²) in [5.41, 5.74) is 10.2. The van der Waals surface area contributed by atoms with Gasteiger partial charge in [-0.25, -0.2) is 0 Å².